The van der Waals surface area contributed by atoms with E-state index >= 15 is 0 Å². The molecule has 19 heavy (non-hydrogen) atoms. The van der Waals surface area contributed by atoms with E-state index in [-0.39, 0.29) is 0 Å². The van der Waals surface area contributed by atoms with Gasteiger partial charge in [-0.05, 0) is 35.4 Å². The Kier molecular flexibility index (Phi) is 4.61. The summed E-state index contributed by atoms with van der Waals surface area (Å²) in [7, 11) is 4.01. The van der Waals surface area contributed by atoms with Gasteiger partial charge in [-0.1, -0.05) is 40.2 Å². The Morgan fingerprint density at radius 2 is 1.58 bits per heavy atom. The molecule has 2 nitrogen and oxygen atoms in total. The smallest absolute Gasteiger partial charge is 0.0830 e. The standard InChI is InChI=1S/C16H18BrNO/c1-18(2)15-9-5-13(6-10-15)16(19)11-12-3-7-14(17)8-4-12/h3-10,16,19H,11H2,1-2H3. The number of nitrogens with zero attached hydrogens (tertiary/aromatic N) is 1. The predicted molar refractivity (Wildman–Crippen MR) is 83.6 cm³/mol. The second-order valence-corrected chi connectivity index (χ2v) is 5.75. The lowest BCUT2D eigenvalue weighted by atomic mass is 10.0. The number of rotatable bonds is 4. The van der Waals surface area contributed by atoms with E-state index in [9.17, 15) is 5.11 Å². The minimum atomic E-state index is -0.461. The molecule has 100 valence electrons. The van der Waals surface area contributed by atoms with Gasteiger partial charge >= 0.3 is 0 Å². The Bertz CT molecular complexity index is 519. The number of aliphatic hydroxyl groups excluding tert-OH is 1. The number of aliphatic hydroxyl groups is 1. The second-order valence-electron chi connectivity index (χ2n) is 4.83. The minimum Gasteiger partial charge on any atom is -0.388 e. The maximum absolute atomic E-state index is 10.2. The average Bonchev–Trinajstić information content (AvgIpc) is 2.41. The summed E-state index contributed by atoms with van der Waals surface area (Å²) in [5, 5.41) is 10.2. The van der Waals surface area contributed by atoms with Crippen LogP contribution in [0, 0.1) is 0 Å². The van der Waals surface area contributed by atoms with Crippen LogP contribution in [0.1, 0.15) is 17.2 Å². The second kappa shape index (κ2) is 6.22. The highest BCUT2D eigenvalue weighted by Crippen LogP contribution is 2.22. The van der Waals surface area contributed by atoms with Crippen molar-refractivity contribution >= 4 is 21.6 Å². The Hall–Kier alpha value is -1.32. The molecule has 2 aromatic rings. The molecule has 0 bridgehead atoms. The zero-order chi connectivity index (χ0) is 13.8. The van der Waals surface area contributed by atoms with E-state index in [2.05, 4.69) is 15.9 Å². The van der Waals surface area contributed by atoms with Crippen LogP contribution < -0.4 is 4.90 Å². The molecule has 0 aliphatic rings. The van der Waals surface area contributed by atoms with Crippen LogP contribution in [0.3, 0.4) is 0 Å². The molecule has 1 unspecified atom stereocenters. The van der Waals surface area contributed by atoms with Crippen molar-refractivity contribution in [2.24, 2.45) is 0 Å². The lowest BCUT2D eigenvalue weighted by molar-refractivity contribution is 0.178. The SMILES string of the molecule is CN(C)c1ccc(C(O)Cc2ccc(Br)cc2)cc1. The summed E-state index contributed by atoms with van der Waals surface area (Å²) in [6.45, 7) is 0. The first-order chi connectivity index (χ1) is 9.06. The van der Waals surface area contributed by atoms with Gasteiger partial charge in [0.1, 0.15) is 0 Å². The molecular weight excluding hydrogens is 302 g/mol. The Balaban J connectivity index is 2.07. The van der Waals surface area contributed by atoms with E-state index in [1.807, 2.05) is 67.5 Å². The first-order valence-corrected chi connectivity index (χ1v) is 7.05. The summed E-state index contributed by atoms with van der Waals surface area (Å²) < 4.78 is 1.06. The molecule has 0 aromatic heterocycles. The topological polar surface area (TPSA) is 23.5 Å². The fourth-order valence-electron chi connectivity index (χ4n) is 1.96. The van der Waals surface area contributed by atoms with Crippen molar-refractivity contribution in [3.8, 4) is 0 Å². The first kappa shape index (κ1) is 14.1. The van der Waals surface area contributed by atoms with Crippen molar-refractivity contribution in [2.75, 3.05) is 19.0 Å². The summed E-state index contributed by atoms with van der Waals surface area (Å²) in [4.78, 5) is 2.05. The van der Waals surface area contributed by atoms with Crippen LogP contribution in [-0.2, 0) is 6.42 Å². The molecule has 0 fully saturated rings. The van der Waals surface area contributed by atoms with E-state index in [0.29, 0.717) is 6.42 Å². The molecule has 1 N–H and O–H groups in total. The van der Waals surface area contributed by atoms with E-state index < -0.39 is 6.10 Å². The Labute approximate surface area is 122 Å². The fraction of sp³-hybridized carbons (Fsp3) is 0.250. The van der Waals surface area contributed by atoms with Crippen LogP contribution in [0.15, 0.2) is 53.0 Å². The largest absolute Gasteiger partial charge is 0.388 e. The van der Waals surface area contributed by atoms with Crippen molar-refractivity contribution in [1.29, 1.82) is 0 Å². The highest BCUT2D eigenvalue weighted by Gasteiger charge is 2.08. The molecule has 0 saturated heterocycles. The molecule has 0 spiro atoms. The molecular formula is C16H18BrNO. The van der Waals surface area contributed by atoms with Gasteiger partial charge in [0.15, 0.2) is 0 Å². The van der Waals surface area contributed by atoms with E-state index in [1.54, 1.807) is 0 Å². The van der Waals surface area contributed by atoms with Crippen molar-refractivity contribution in [3.63, 3.8) is 0 Å². The molecule has 1 atom stereocenters. The number of hydrogen-bond acceptors (Lipinski definition) is 2. The Morgan fingerprint density at radius 3 is 2.11 bits per heavy atom. The molecule has 2 rings (SSSR count). The van der Waals surface area contributed by atoms with Gasteiger partial charge in [0.25, 0.3) is 0 Å². The molecule has 0 heterocycles. The first-order valence-electron chi connectivity index (χ1n) is 6.26. The van der Waals surface area contributed by atoms with Gasteiger partial charge in [-0.3, -0.25) is 0 Å². The third-order valence-electron chi connectivity index (χ3n) is 3.14. The average molecular weight is 320 g/mol. The van der Waals surface area contributed by atoms with Crippen LogP contribution in [-0.4, -0.2) is 19.2 Å². The molecule has 0 saturated carbocycles. The van der Waals surface area contributed by atoms with Gasteiger partial charge in [0, 0.05) is 30.7 Å². The predicted octanol–water partition coefficient (Wildman–Crippen LogP) is 3.79. The van der Waals surface area contributed by atoms with Gasteiger partial charge in [-0.15, -0.1) is 0 Å². The molecule has 3 heteroatoms. The molecule has 2 aromatic carbocycles. The van der Waals surface area contributed by atoms with Gasteiger partial charge in [0.2, 0.25) is 0 Å². The summed E-state index contributed by atoms with van der Waals surface area (Å²) in [6.07, 6.45) is 0.173. The third-order valence-corrected chi connectivity index (χ3v) is 3.67. The van der Waals surface area contributed by atoms with E-state index in [0.717, 1.165) is 21.3 Å². The van der Waals surface area contributed by atoms with Crippen molar-refractivity contribution in [1.82, 2.24) is 0 Å². The maximum Gasteiger partial charge on any atom is 0.0830 e. The normalized spacial score (nSPS) is 12.2. The lowest BCUT2D eigenvalue weighted by Gasteiger charge is -2.15. The molecule has 0 aliphatic heterocycles. The number of anilines is 1. The van der Waals surface area contributed by atoms with E-state index in [4.69, 9.17) is 0 Å². The fourth-order valence-corrected chi connectivity index (χ4v) is 2.22. The highest BCUT2D eigenvalue weighted by molar-refractivity contribution is 9.10. The van der Waals surface area contributed by atoms with Gasteiger partial charge in [-0.2, -0.15) is 0 Å². The van der Waals surface area contributed by atoms with Crippen molar-refractivity contribution in [3.05, 3.63) is 64.1 Å². The van der Waals surface area contributed by atoms with Crippen LogP contribution >= 0.6 is 15.9 Å². The molecule has 0 aliphatic carbocycles. The number of hydrogen-bond donors (Lipinski definition) is 1. The summed E-state index contributed by atoms with van der Waals surface area (Å²) in [6, 6.07) is 16.1. The minimum absolute atomic E-state index is 0.461. The van der Waals surface area contributed by atoms with E-state index in [1.165, 1.54) is 0 Å². The lowest BCUT2D eigenvalue weighted by Crippen LogP contribution is -2.09. The quantitative estimate of drug-likeness (QED) is 0.926. The summed E-state index contributed by atoms with van der Waals surface area (Å²) >= 11 is 3.41. The molecule has 0 radical (unpaired) electrons. The summed E-state index contributed by atoms with van der Waals surface area (Å²) in [5.41, 5.74) is 3.22. The van der Waals surface area contributed by atoms with Crippen LogP contribution in [0.4, 0.5) is 5.69 Å². The van der Waals surface area contributed by atoms with Gasteiger partial charge < -0.3 is 10.0 Å². The number of halogens is 1. The maximum atomic E-state index is 10.2. The van der Waals surface area contributed by atoms with Crippen LogP contribution in [0.2, 0.25) is 0 Å². The zero-order valence-electron chi connectivity index (χ0n) is 11.2. The van der Waals surface area contributed by atoms with Crippen LogP contribution in [0.5, 0.6) is 0 Å². The van der Waals surface area contributed by atoms with Gasteiger partial charge in [-0.25, -0.2) is 0 Å². The highest BCUT2D eigenvalue weighted by atomic mass is 79.9. The van der Waals surface area contributed by atoms with Crippen molar-refractivity contribution < 1.29 is 5.11 Å². The zero-order valence-corrected chi connectivity index (χ0v) is 12.8. The Morgan fingerprint density at radius 1 is 1.00 bits per heavy atom. The van der Waals surface area contributed by atoms with Crippen LogP contribution in [0.25, 0.3) is 0 Å². The van der Waals surface area contributed by atoms with Gasteiger partial charge in [0.05, 0.1) is 6.10 Å². The number of benzene rings is 2. The van der Waals surface area contributed by atoms with Crippen molar-refractivity contribution in [2.45, 2.75) is 12.5 Å². The molecule has 0 amide bonds. The monoisotopic (exact) mass is 319 g/mol. The third kappa shape index (κ3) is 3.82. The summed E-state index contributed by atoms with van der Waals surface area (Å²) in [5.74, 6) is 0.